The lowest BCUT2D eigenvalue weighted by molar-refractivity contribution is 0.495. The first-order chi connectivity index (χ1) is 9.96. The van der Waals surface area contributed by atoms with Gasteiger partial charge in [-0.15, -0.1) is 0 Å². The Morgan fingerprint density at radius 2 is 2.10 bits per heavy atom. The minimum absolute atomic E-state index is 0.0414. The third-order valence-corrected chi connectivity index (χ3v) is 5.34. The summed E-state index contributed by atoms with van der Waals surface area (Å²) in [6.45, 7) is 2.28. The van der Waals surface area contributed by atoms with Crippen LogP contribution < -0.4 is 10.0 Å². The largest absolute Gasteiger partial charge is 0.316 e. The van der Waals surface area contributed by atoms with Crippen LogP contribution in [0.3, 0.4) is 0 Å². The second kappa shape index (κ2) is 6.85. The fourth-order valence-corrected chi connectivity index (χ4v) is 3.77. The van der Waals surface area contributed by atoms with Crippen molar-refractivity contribution in [1.29, 1.82) is 0 Å². The summed E-state index contributed by atoms with van der Waals surface area (Å²) in [4.78, 5) is 0.128. The van der Waals surface area contributed by atoms with E-state index in [2.05, 4.69) is 10.0 Å². The maximum absolute atomic E-state index is 13.6. The van der Waals surface area contributed by atoms with Gasteiger partial charge in [-0.25, -0.2) is 17.5 Å². The quantitative estimate of drug-likeness (QED) is 0.774. The molecular formula is C15H23FN2O2S. The van der Waals surface area contributed by atoms with Crippen LogP contribution in [0.4, 0.5) is 4.39 Å². The van der Waals surface area contributed by atoms with Crippen molar-refractivity contribution < 1.29 is 12.8 Å². The van der Waals surface area contributed by atoms with Crippen molar-refractivity contribution in [3.05, 3.63) is 29.6 Å². The molecule has 6 heteroatoms. The van der Waals surface area contributed by atoms with Gasteiger partial charge in [0, 0.05) is 18.2 Å². The van der Waals surface area contributed by atoms with Crippen molar-refractivity contribution in [2.75, 3.05) is 7.05 Å². The molecule has 0 heterocycles. The summed E-state index contributed by atoms with van der Waals surface area (Å²) in [7, 11) is -1.90. The van der Waals surface area contributed by atoms with E-state index in [-0.39, 0.29) is 10.9 Å². The molecule has 0 spiro atoms. The van der Waals surface area contributed by atoms with E-state index >= 15 is 0 Å². The molecule has 4 nitrogen and oxygen atoms in total. The monoisotopic (exact) mass is 314 g/mol. The molecule has 1 aromatic carbocycles. The molecule has 118 valence electrons. The third kappa shape index (κ3) is 4.49. The molecule has 0 saturated heterocycles. The number of nitrogens with one attached hydrogen (secondary N) is 2. The Labute approximate surface area is 126 Å². The molecule has 0 amide bonds. The summed E-state index contributed by atoms with van der Waals surface area (Å²) >= 11 is 0. The van der Waals surface area contributed by atoms with E-state index in [0.29, 0.717) is 18.0 Å². The zero-order chi connectivity index (χ0) is 15.5. The second-order valence-electron chi connectivity index (χ2n) is 5.69. The molecule has 2 N–H and O–H groups in total. The third-order valence-electron chi connectivity index (χ3n) is 3.82. The summed E-state index contributed by atoms with van der Waals surface area (Å²) in [6.07, 6.45) is 4.04. The van der Waals surface area contributed by atoms with Crippen molar-refractivity contribution in [3.63, 3.8) is 0 Å². The van der Waals surface area contributed by atoms with E-state index < -0.39 is 15.8 Å². The SMILES string of the molecule is CCC(CC1CC1)NS(=O)(=O)c1ccc(F)c(CNC)c1. The Balaban J connectivity index is 2.15. The normalized spacial score (nSPS) is 16.9. The first kappa shape index (κ1) is 16.4. The molecule has 0 radical (unpaired) electrons. The van der Waals surface area contributed by atoms with Crippen LogP contribution in [-0.4, -0.2) is 21.5 Å². The van der Waals surface area contributed by atoms with E-state index in [0.717, 1.165) is 12.8 Å². The maximum Gasteiger partial charge on any atom is 0.240 e. The number of hydrogen-bond acceptors (Lipinski definition) is 3. The summed E-state index contributed by atoms with van der Waals surface area (Å²) in [5.74, 6) is 0.263. The number of hydrogen-bond donors (Lipinski definition) is 2. The summed E-state index contributed by atoms with van der Waals surface area (Å²) in [5.41, 5.74) is 0.357. The van der Waals surface area contributed by atoms with E-state index in [9.17, 15) is 12.8 Å². The molecular weight excluding hydrogens is 291 g/mol. The number of benzene rings is 1. The van der Waals surface area contributed by atoms with Gasteiger partial charge in [0.1, 0.15) is 5.82 Å². The van der Waals surface area contributed by atoms with Crippen molar-refractivity contribution in [2.24, 2.45) is 5.92 Å². The molecule has 1 atom stereocenters. The van der Waals surface area contributed by atoms with Gasteiger partial charge in [-0.1, -0.05) is 19.8 Å². The molecule has 1 unspecified atom stereocenters. The van der Waals surface area contributed by atoms with Crippen LogP contribution in [0, 0.1) is 11.7 Å². The summed E-state index contributed by atoms with van der Waals surface area (Å²) in [6, 6.07) is 3.89. The predicted molar refractivity (Wildman–Crippen MR) is 80.9 cm³/mol. The molecule has 0 aliphatic heterocycles. The molecule has 2 rings (SSSR count). The first-order valence-electron chi connectivity index (χ1n) is 7.41. The van der Waals surface area contributed by atoms with E-state index in [4.69, 9.17) is 0 Å². The van der Waals surface area contributed by atoms with Crippen LogP contribution in [0.15, 0.2) is 23.1 Å². The molecule has 1 fully saturated rings. The highest BCUT2D eigenvalue weighted by Crippen LogP contribution is 2.34. The van der Waals surface area contributed by atoms with Gasteiger partial charge in [0.15, 0.2) is 0 Å². The zero-order valence-corrected chi connectivity index (χ0v) is 13.3. The van der Waals surface area contributed by atoms with Crippen LogP contribution in [0.2, 0.25) is 0 Å². The van der Waals surface area contributed by atoms with E-state index in [1.165, 1.54) is 31.0 Å². The van der Waals surface area contributed by atoms with Gasteiger partial charge in [0.05, 0.1) is 4.90 Å². The molecule has 1 saturated carbocycles. The molecule has 1 aliphatic carbocycles. The highest BCUT2D eigenvalue weighted by atomic mass is 32.2. The number of halogens is 1. The highest BCUT2D eigenvalue weighted by Gasteiger charge is 2.27. The number of sulfonamides is 1. The maximum atomic E-state index is 13.6. The van der Waals surface area contributed by atoms with Crippen molar-refractivity contribution in [2.45, 2.75) is 50.1 Å². The van der Waals surface area contributed by atoms with Crippen molar-refractivity contribution in [1.82, 2.24) is 10.0 Å². The molecule has 1 aromatic rings. The predicted octanol–water partition coefficient (Wildman–Crippen LogP) is 2.40. The second-order valence-corrected chi connectivity index (χ2v) is 7.40. The fraction of sp³-hybridized carbons (Fsp3) is 0.600. The lowest BCUT2D eigenvalue weighted by Gasteiger charge is -2.17. The minimum atomic E-state index is -3.59. The average molecular weight is 314 g/mol. The van der Waals surface area contributed by atoms with Gasteiger partial charge >= 0.3 is 0 Å². The minimum Gasteiger partial charge on any atom is -0.316 e. The lowest BCUT2D eigenvalue weighted by atomic mass is 10.1. The Kier molecular flexibility index (Phi) is 5.35. The van der Waals surface area contributed by atoms with Crippen LogP contribution in [0.25, 0.3) is 0 Å². The topological polar surface area (TPSA) is 58.2 Å². The van der Waals surface area contributed by atoms with Gasteiger partial charge in [0.2, 0.25) is 10.0 Å². The number of rotatable bonds is 8. The Bertz CT molecular complexity index is 585. The molecule has 1 aliphatic rings. The van der Waals surface area contributed by atoms with Crippen LogP contribution >= 0.6 is 0 Å². The zero-order valence-electron chi connectivity index (χ0n) is 12.5. The molecule has 0 aromatic heterocycles. The van der Waals surface area contributed by atoms with Crippen LogP contribution in [0.1, 0.15) is 38.2 Å². The highest BCUT2D eigenvalue weighted by molar-refractivity contribution is 7.89. The van der Waals surface area contributed by atoms with E-state index in [1.54, 1.807) is 7.05 Å². The fourth-order valence-electron chi connectivity index (χ4n) is 2.39. The van der Waals surface area contributed by atoms with Gasteiger partial charge < -0.3 is 5.32 Å². The average Bonchev–Trinajstić information content (AvgIpc) is 3.24. The van der Waals surface area contributed by atoms with Crippen LogP contribution in [-0.2, 0) is 16.6 Å². The smallest absolute Gasteiger partial charge is 0.240 e. The summed E-state index contributed by atoms with van der Waals surface area (Å²) in [5, 5.41) is 2.83. The van der Waals surface area contributed by atoms with Gasteiger partial charge in [0.25, 0.3) is 0 Å². The Morgan fingerprint density at radius 3 is 2.67 bits per heavy atom. The van der Waals surface area contributed by atoms with Crippen molar-refractivity contribution >= 4 is 10.0 Å². The van der Waals surface area contributed by atoms with Gasteiger partial charge in [-0.2, -0.15) is 0 Å². The summed E-state index contributed by atoms with van der Waals surface area (Å²) < 4.78 is 41.2. The lowest BCUT2D eigenvalue weighted by Crippen LogP contribution is -2.34. The standard InChI is InChI=1S/C15H23FN2O2S/c1-3-13(8-11-4-5-11)18-21(19,20)14-6-7-15(16)12(9-14)10-17-2/h6-7,9,11,13,17-18H,3-5,8,10H2,1-2H3. The first-order valence-corrected chi connectivity index (χ1v) is 8.90. The Morgan fingerprint density at radius 1 is 1.38 bits per heavy atom. The molecule has 21 heavy (non-hydrogen) atoms. The molecule has 0 bridgehead atoms. The van der Waals surface area contributed by atoms with E-state index in [1.807, 2.05) is 6.92 Å². The van der Waals surface area contributed by atoms with Gasteiger partial charge in [-0.3, -0.25) is 0 Å². The van der Waals surface area contributed by atoms with Crippen molar-refractivity contribution in [3.8, 4) is 0 Å². The van der Waals surface area contributed by atoms with Gasteiger partial charge in [-0.05, 0) is 44.0 Å². The Hall–Kier alpha value is -0.980. The van der Waals surface area contributed by atoms with Crippen LogP contribution in [0.5, 0.6) is 0 Å².